The van der Waals surface area contributed by atoms with Gasteiger partial charge < -0.3 is 5.32 Å². The fourth-order valence-corrected chi connectivity index (χ4v) is 2.99. The van der Waals surface area contributed by atoms with E-state index in [1.165, 1.54) is 5.56 Å². The molecule has 1 aromatic carbocycles. The zero-order valence-corrected chi connectivity index (χ0v) is 13.6. The molecule has 1 N–H and O–H groups in total. The fraction of sp³-hybridized carbons (Fsp3) is 0.158. The van der Waals surface area contributed by atoms with Crippen molar-refractivity contribution >= 4 is 17.2 Å². The Labute approximate surface area is 140 Å². The van der Waals surface area contributed by atoms with Crippen molar-refractivity contribution in [3.63, 3.8) is 0 Å². The van der Waals surface area contributed by atoms with E-state index >= 15 is 0 Å². The molecule has 3 rings (SSSR count). The lowest BCUT2D eigenvalue weighted by molar-refractivity contribution is -0.121. The second kappa shape index (κ2) is 7.70. The number of thiophene rings is 1. The number of hydrogen-bond acceptors (Lipinski definition) is 3. The van der Waals surface area contributed by atoms with E-state index in [0.717, 1.165) is 23.2 Å². The molecule has 2 heterocycles. The van der Waals surface area contributed by atoms with Gasteiger partial charge >= 0.3 is 0 Å². The molecule has 0 aliphatic carbocycles. The number of amides is 1. The summed E-state index contributed by atoms with van der Waals surface area (Å²) in [5.74, 6) is 0.0720. The number of carbonyl (C=O) groups is 1. The van der Waals surface area contributed by atoms with E-state index in [0.29, 0.717) is 13.0 Å². The van der Waals surface area contributed by atoms with Crippen LogP contribution in [0.15, 0.2) is 65.5 Å². The van der Waals surface area contributed by atoms with Crippen LogP contribution in [0.4, 0.5) is 0 Å². The van der Waals surface area contributed by atoms with Gasteiger partial charge in [-0.15, -0.1) is 0 Å². The van der Waals surface area contributed by atoms with Crippen LogP contribution in [0.25, 0.3) is 11.3 Å². The van der Waals surface area contributed by atoms with Crippen LogP contribution >= 0.6 is 11.3 Å². The van der Waals surface area contributed by atoms with Crippen molar-refractivity contribution in [2.45, 2.75) is 19.4 Å². The van der Waals surface area contributed by atoms with Gasteiger partial charge in [0.05, 0.1) is 5.69 Å². The van der Waals surface area contributed by atoms with Gasteiger partial charge in [-0.2, -0.15) is 11.3 Å². The first-order valence-corrected chi connectivity index (χ1v) is 8.54. The molecular formula is C19H18N2OS. The van der Waals surface area contributed by atoms with Crippen LogP contribution in [0, 0.1) is 0 Å². The minimum Gasteiger partial charge on any atom is -0.352 e. The summed E-state index contributed by atoms with van der Waals surface area (Å²) in [4.78, 5) is 16.4. The topological polar surface area (TPSA) is 42.0 Å². The van der Waals surface area contributed by atoms with Crippen LogP contribution in [0.2, 0.25) is 0 Å². The summed E-state index contributed by atoms with van der Waals surface area (Å²) < 4.78 is 0. The molecule has 0 aliphatic rings. The van der Waals surface area contributed by atoms with Gasteiger partial charge in [-0.05, 0) is 41.1 Å². The Bertz CT molecular complexity index is 754. The molecule has 116 valence electrons. The summed E-state index contributed by atoms with van der Waals surface area (Å²) in [6.07, 6.45) is 3.06. The van der Waals surface area contributed by atoms with E-state index < -0.39 is 0 Å². The molecule has 1 amide bonds. The Morgan fingerprint density at radius 3 is 2.74 bits per heavy atom. The number of pyridine rings is 1. The van der Waals surface area contributed by atoms with Gasteiger partial charge in [0.25, 0.3) is 0 Å². The van der Waals surface area contributed by atoms with Crippen molar-refractivity contribution in [1.29, 1.82) is 0 Å². The molecule has 0 spiro atoms. The predicted molar refractivity (Wildman–Crippen MR) is 94.2 cm³/mol. The van der Waals surface area contributed by atoms with E-state index in [-0.39, 0.29) is 5.91 Å². The van der Waals surface area contributed by atoms with Crippen molar-refractivity contribution in [3.05, 3.63) is 76.6 Å². The van der Waals surface area contributed by atoms with Gasteiger partial charge in [0.2, 0.25) is 5.91 Å². The molecule has 23 heavy (non-hydrogen) atoms. The van der Waals surface area contributed by atoms with Crippen molar-refractivity contribution in [1.82, 2.24) is 10.3 Å². The number of nitrogens with zero attached hydrogens (tertiary/aromatic N) is 1. The molecule has 0 aliphatic heterocycles. The Hall–Kier alpha value is -2.46. The molecular weight excluding hydrogens is 304 g/mol. The summed E-state index contributed by atoms with van der Waals surface area (Å²) in [5, 5.41) is 7.09. The van der Waals surface area contributed by atoms with Crippen LogP contribution in [-0.2, 0) is 17.8 Å². The van der Waals surface area contributed by atoms with Gasteiger partial charge in [0, 0.05) is 30.1 Å². The number of nitrogens with one attached hydrogen (secondary N) is 1. The zero-order valence-electron chi connectivity index (χ0n) is 12.7. The van der Waals surface area contributed by atoms with E-state index in [2.05, 4.69) is 21.7 Å². The monoisotopic (exact) mass is 322 g/mol. The summed E-state index contributed by atoms with van der Waals surface area (Å²) >= 11 is 1.65. The van der Waals surface area contributed by atoms with Crippen molar-refractivity contribution in [2.75, 3.05) is 0 Å². The van der Waals surface area contributed by atoms with E-state index in [9.17, 15) is 4.79 Å². The normalized spacial score (nSPS) is 10.4. The second-order valence-corrected chi connectivity index (χ2v) is 6.10. The molecule has 0 unspecified atom stereocenters. The van der Waals surface area contributed by atoms with Gasteiger partial charge in [-0.1, -0.05) is 30.3 Å². The van der Waals surface area contributed by atoms with Gasteiger partial charge in [0.1, 0.15) is 0 Å². The van der Waals surface area contributed by atoms with Crippen molar-refractivity contribution < 1.29 is 4.79 Å². The lowest BCUT2D eigenvalue weighted by Gasteiger charge is -2.07. The number of rotatable bonds is 6. The van der Waals surface area contributed by atoms with E-state index in [1.807, 2.05) is 47.8 Å². The van der Waals surface area contributed by atoms with Gasteiger partial charge in [-0.3, -0.25) is 9.78 Å². The first-order chi connectivity index (χ1) is 11.3. The maximum atomic E-state index is 12.0. The summed E-state index contributed by atoms with van der Waals surface area (Å²) in [7, 11) is 0. The molecule has 0 saturated heterocycles. The molecule has 0 atom stereocenters. The molecule has 2 aromatic heterocycles. The number of aromatic nitrogens is 1. The second-order valence-electron chi connectivity index (χ2n) is 5.32. The lowest BCUT2D eigenvalue weighted by atomic mass is 10.1. The molecule has 4 heteroatoms. The highest BCUT2D eigenvalue weighted by Crippen LogP contribution is 2.20. The van der Waals surface area contributed by atoms with Crippen molar-refractivity contribution in [2.24, 2.45) is 0 Å². The number of hydrogen-bond donors (Lipinski definition) is 1. The van der Waals surface area contributed by atoms with Crippen LogP contribution in [0.1, 0.15) is 17.5 Å². The smallest absolute Gasteiger partial charge is 0.220 e. The van der Waals surface area contributed by atoms with Gasteiger partial charge in [0.15, 0.2) is 0 Å². The number of carbonyl (C=O) groups excluding carboxylic acids is 1. The average molecular weight is 322 g/mol. The number of aryl methyl sites for hydroxylation is 1. The Balaban J connectivity index is 1.52. The third-order valence-electron chi connectivity index (χ3n) is 3.61. The molecule has 0 bridgehead atoms. The van der Waals surface area contributed by atoms with Crippen molar-refractivity contribution in [3.8, 4) is 11.3 Å². The number of benzene rings is 1. The lowest BCUT2D eigenvalue weighted by Crippen LogP contribution is -2.23. The quantitative estimate of drug-likeness (QED) is 0.743. The van der Waals surface area contributed by atoms with Crippen LogP contribution in [0.3, 0.4) is 0 Å². The standard InChI is InChI=1S/C19H18N2OS/c22-19(7-6-15-4-2-1-3-5-15)21-13-16-8-10-20-18(12-16)17-9-11-23-14-17/h1-5,8-12,14H,6-7,13H2,(H,21,22). The summed E-state index contributed by atoms with van der Waals surface area (Å²) in [6.45, 7) is 0.535. The third kappa shape index (κ3) is 4.50. The molecule has 0 saturated carbocycles. The van der Waals surface area contributed by atoms with E-state index in [1.54, 1.807) is 17.5 Å². The van der Waals surface area contributed by atoms with Crippen LogP contribution in [-0.4, -0.2) is 10.9 Å². The SMILES string of the molecule is O=C(CCc1ccccc1)NCc1ccnc(-c2ccsc2)c1. The maximum absolute atomic E-state index is 12.0. The first kappa shape index (κ1) is 15.4. The largest absolute Gasteiger partial charge is 0.352 e. The minimum absolute atomic E-state index is 0.0720. The molecule has 3 aromatic rings. The predicted octanol–water partition coefficient (Wildman–Crippen LogP) is 4.06. The Morgan fingerprint density at radius 2 is 1.96 bits per heavy atom. The summed E-state index contributed by atoms with van der Waals surface area (Å²) in [6, 6.07) is 16.1. The maximum Gasteiger partial charge on any atom is 0.220 e. The summed E-state index contributed by atoms with van der Waals surface area (Å²) in [5.41, 5.74) is 4.31. The Morgan fingerprint density at radius 1 is 1.09 bits per heavy atom. The molecule has 3 nitrogen and oxygen atoms in total. The highest BCUT2D eigenvalue weighted by molar-refractivity contribution is 7.08. The minimum atomic E-state index is 0.0720. The van der Waals surface area contributed by atoms with Crippen LogP contribution < -0.4 is 5.32 Å². The average Bonchev–Trinajstić information content (AvgIpc) is 3.14. The van der Waals surface area contributed by atoms with E-state index in [4.69, 9.17) is 0 Å². The van der Waals surface area contributed by atoms with Crippen LogP contribution in [0.5, 0.6) is 0 Å². The third-order valence-corrected chi connectivity index (χ3v) is 4.30. The molecule has 0 radical (unpaired) electrons. The van der Waals surface area contributed by atoms with Gasteiger partial charge in [-0.25, -0.2) is 0 Å². The zero-order chi connectivity index (χ0) is 15.9. The first-order valence-electron chi connectivity index (χ1n) is 7.59. The molecule has 0 fully saturated rings. The Kier molecular flexibility index (Phi) is 5.17. The highest BCUT2D eigenvalue weighted by Gasteiger charge is 2.04. The fourth-order valence-electron chi connectivity index (χ4n) is 2.34. The highest BCUT2D eigenvalue weighted by atomic mass is 32.1.